The van der Waals surface area contributed by atoms with Crippen LogP contribution < -0.4 is 10.6 Å². The molecule has 21 heavy (non-hydrogen) atoms. The van der Waals surface area contributed by atoms with E-state index in [0.29, 0.717) is 36.8 Å². The van der Waals surface area contributed by atoms with Crippen LogP contribution in [0.2, 0.25) is 0 Å². The predicted octanol–water partition coefficient (Wildman–Crippen LogP) is 1.36. The SMILES string of the molecule is CC(C)CNC(=O)CCNc1ccc(C(=O)N(C)C)cn1. The van der Waals surface area contributed by atoms with Crippen molar-refractivity contribution in [3.05, 3.63) is 23.9 Å². The zero-order chi connectivity index (χ0) is 15.8. The fraction of sp³-hybridized carbons (Fsp3) is 0.533. The fourth-order valence-corrected chi connectivity index (χ4v) is 1.59. The minimum atomic E-state index is -0.0814. The molecule has 6 heteroatoms. The van der Waals surface area contributed by atoms with Gasteiger partial charge in [0.25, 0.3) is 5.91 Å². The van der Waals surface area contributed by atoms with Gasteiger partial charge >= 0.3 is 0 Å². The van der Waals surface area contributed by atoms with Crippen molar-refractivity contribution in [3.8, 4) is 0 Å². The lowest BCUT2D eigenvalue weighted by atomic mass is 10.2. The van der Waals surface area contributed by atoms with Gasteiger partial charge < -0.3 is 15.5 Å². The summed E-state index contributed by atoms with van der Waals surface area (Å²) < 4.78 is 0. The van der Waals surface area contributed by atoms with E-state index in [1.54, 1.807) is 26.2 Å². The summed E-state index contributed by atoms with van der Waals surface area (Å²) in [6.45, 7) is 5.31. The Morgan fingerprint density at radius 3 is 2.52 bits per heavy atom. The Morgan fingerprint density at radius 2 is 2.00 bits per heavy atom. The number of nitrogens with zero attached hydrogens (tertiary/aromatic N) is 2. The second kappa shape index (κ2) is 8.24. The van der Waals surface area contributed by atoms with Crippen molar-refractivity contribution in [1.29, 1.82) is 0 Å². The van der Waals surface area contributed by atoms with Crippen molar-refractivity contribution in [2.24, 2.45) is 5.92 Å². The van der Waals surface area contributed by atoms with Gasteiger partial charge in [-0.1, -0.05) is 13.8 Å². The van der Waals surface area contributed by atoms with Crippen LogP contribution in [0.3, 0.4) is 0 Å². The average Bonchev–Trinajstić information content (AvgIpc) is 2.45. The maximum absolute atomic E-state index is 11.7. The van der Waals surface area contributed by atoms with Crippen molar-refractivity contribution in [2.45, 2.75) is 20.3 Å². The first-order valence-electron chi connectivity index (χ1n) is 7.08. The summed E-state index contributed by atoms with van der Waals surface area (Å²) in [6, 6.07) is 3.46. The normalized spacial score (nSPS) is 10.3. The molecular formula is C15H24N4O2. The molecule has 116 valence electrons. The van der Waals surface area contributed by atoms with Crippen LogP contribution in [0.5, 0.6) is 0 Å². The molecule has 0 saturated carbocycles. The molecule has 2 amide bonds. The third-order valence-corrected chi connectivity index (χ3v) is 2.78. The lowest BCUT2D eigenvalue weighted by Gasteiger charge is -2.11. The zero-order valence-electron chi connectivity index (χ0n) is 13.1. The first-order valence-corrected chi connectivity index (χ1v) is 7.08. The van der Waals surface area contributed by atoms with Gasteiger partial charge in [0.05, 0.1) is 5.56 Å². The van der Waals surface area contributed by atoms with Gasteiger partial charge in [0, 0.05) is 39.8 Å². The molecule has 2 N–H and O–H groups in total. The molecule has 6 nitrogen and oxygen atoms in total. The second-order valence-electron chi connectivity index (χ2n) is 5.51. The van der Waals surface area contributed by atoms with Crippen LogP contribution in [0.15, 0.2) is 18.3 Å². The summed E-state index contributed by atoms with van der Waals surface area (Å²) in [5.74, 6) is 1.05. The van der Waals surface area contributed by atoms with Crippen molar-refractivity contribution in [2.75, 3.05) is 32.5 Å². The van der Waals surface area contributed by atoms with E-state index in [1.165, 1.54) is 11.1 Å². The maximum Gasteiger partial charge on any atom is 0.254 e. The van der Waals surface area contributed by atoms with E-state index in [0.717, 1.165) is 0 Å². The number of nitrogens with one attached hydrogen (secondary N) is 2. The van der Waals surface area contributed by atoms with Crippen LogP contribution in [0.4, 0.5) is 5.82 Å². The molecule has 1 aromatic heterocycles. The van der Waals surface area contributed by atoms with Crippen LogP contribution >= 0.6 is 0 Å². The molecule has 0 radical (unpaired) electrons. The number of hydrogen-bond acceptors (Lipinski definition) is 4. The number of pyridine rings is 1. The summed E-state index contributed by atoms with van der Waals surface area (Å²) in [4.78, 5) is 28.9. The predicted molar refractivity (Wildman–Crippen MR) is 83.2 cm³/mol. The van der Waals surface area contributed by atoms with E-state index in [1.807, 2.05) is 0 Å². The largest absolute Gasteiger partial charge is 0.370 e. The van der Waals surface area contributed by atoms with Gasteiger partial charge in [-0.25, -0.2) is 4.98 Å². The van der Waals surface area contributed by atoms with Gasteiger partial charge in [-0.3, -0.25) is 9.59 Å². The topological polar surface area (TPSA) is 74.3 Å². The molecule has 0 fully saturated rings. The van der Waals surface area contributed by atoms with Crippen LogP contribution in [-0.4, -0.2) is 48.9 Å². The molecule has 1 heterocycles. The molecular weight excluding hydrogens is 268 g/mol. The van der Waals surface area contributed by atoms with Gasteiger partial charge in [-0.2, -0.15) is 0 Å². The number of carbonyl (C=O) groups is 2. The highest BCUT2D eigenvalue weighted by Crippen LogP contribution is 2.06. The minimum Gasteiger partial charge on any atom is -0.370 e. The third-order valence-electron chi connectivity index (χ3n) is 2.78. The lowest BCUT2D eigenvalue weighted by Crippen LogP contribution is -2.28. The monoisotopic (exact) mass is 292 g/mol. The van der Waals surface area contributed by atoms with Crippen molar-refractivity contribution in [3.63, 3.8) is 0 Å². The van der Waals surface area contributed by atoms with Gasteiger partial charge in [-0.15, -0.1) is 0 Å². The summed E-state index contributed by atoms with van der Waals surface area (Å²) in [5.41, 5.74) is 0.542. The van der Waals surface area contributed by atoms with E-state index in [9.17, 15) is 9.59 Å². The smallest absolute Gasteiger partial charge is 0.254 e. The molecule has 0 atom stereocenters. The summed E-state index contributed by atoms with van der Waals surface area (Å²) in [6.07, 6.45) is 1.93. The van der Waals surface area contributed by atoms with E-state index >= 15 is 0 Å². The summed E-state index contributed by atoms with van der Waals surface area (Å²) >= 11 is 0. The van der Waals surface area contributed by atoms with E-state index in [-0.39, 0.29) is 11.8 Å². The summed E-state index contributed by atoms with van der Waals surface area (Å²) in [7, 11) is 3.40. The Bertz CT molecular complexity index is 469. The van der Waals surface area contributed by atoms with Gasteiger partial charge in [-0.05, 0) is 18.1 Å². The first kappa shape index (κ1) is 16.9. The fourth-order valence-electron chi connectivity index (χ4n) is 1.59. The number of amides is 2. The Kier molecular flexibility index (Phi) is 6.65. The van der Waals surface area contributed by atoms with Crippen molar-refractivity contribution < 1.29 is 9.59 Å². The molecule has 0 saturated heterocycles. The number of aromatic nitrogens is 1. The highest BCUT2D eigenvalue weighted by atomic mass is 16.2. The van der Waals surface area contributed by atoms with Crippen molar-refractivity contribution in [1.82, 2.24) is 15.2 Å². The molecule has 1 aromatic rings. The van der Waals surface area contributed by atoms with Gasteiger partial charge in [0.1, 0.15) is 5.82 Å². The maximum atomic E-state index is 11.7. The molecule has 0 aromatic carbocycles. The zero-order valence-corrected chi connectivity index (χ0v) is 13.1. The molecule has 0 bridgehead atoms. The van der Waals surface area contributed by atoms with Crippen LogP contribution in [0.25, 0.3) is 0 Å². The summed E-state index contributed by atoms with van der Waals surface area (Å²) in [5, 5.41) is 5.92. The number of hydrogen-bond donors (Lipinski definition) is 2. The number of carbonyl (C=O) groups excluding carboxylic acids is 2. The molecule has 0 aliphatic rings. The molecule has 0 aliphatic heterocycles. The molecule has 0 spiro atoms. The van der Waals surface area contributed by atoms with Crippen LogP contribution in [-0.2, 0) is 4.79 Å². The number of rotatable bonds is 7. The highest BCUT2D eigenvalue weighted by molar-refractivity contribution is 5.93. The number of anilines is 1. The van der Waals surface area contributed by atoms with Crippen LogP contribution in [0.1, 0.15) is 30.6 Å². The Hall–Kier alpha value is -2.11. The van der Waals surface area contributed by atoms with E-state index in [4.69, 9.17) is 0 Å². The molecule has 0 unspecified atom stereocenters. The Labute approximate surface area is 125 Å². The Morgan fingerprint density at radius 1 is 1.29 bits per heavy atom. The minimum absolute atomic E-state index is 0.0237. The Balaban J connectivity index is 2.36. The van der Waals surface area contributed by atoms with E-state index < -0.39 is 0 Å². The van der Waals surface area contributed by atoms with Crippen molar-refractivity contribution >= 4 is 17.6 Å². The quantitative estimate of drug-likeness (QED) is 0.795. The van der Waals surface area contributed by atoms with Crippen LogP contribution in [0, 0.1) is 5.92 Å². The highest BCUT2D eigenvalue weighted by Gasteiger charge is 2.08. The lowest BCUT2D eigenvalue weighted by molar-refractivity contribution is -0.120. The van der Waals surface area contributed by atoms with E-state index in [2.05, 4.69) is 29.5 Å². The standard InChI is InChI=1S/C15H24N4O2/c1-11(2)9-18-14(20)7-8-16-13-6-5-12(10-17-13)15(21)19(3)4/h5-6,10-11H,7-9H2,1-4H3,(H,16,17)(H,18,20). The van der Waals surface area contributed by atoms with Gasteiger partial charge in [0.2, 0.25) is 5.91 Å². The van der Waals surface area contributed by atoms with Gasteiger partial charge in [0.15, 0.2) is 0 Å². The average molecular weight is 292 g/mol. The second-order valence-corrected chi connectivity index (χ2v) is 5.51. The third kappa shape index (κ3) is 6.25. The molecule has 1 rings (SSSR count). The first-order chi connectivity index (χ1) is 9.90. The molecule has 0 aliphatic carbocycles.